The summed E-state index contributed by atoms with van der Waals surface area (Å²) in [5.41, 5.74) is 1.11. The topological polar surface area (TPSA) is 37.4 Å². The van der Waals surface area contributed by atoms with Gasteiger partial charge in [-0.25, -0.2) is 0 Å². The number of hydrogen-bond donors (Lipinski definition) is 0. The van der Waals surface area contributed by atoms with E-state index < -0.39 is 0 Å². The first-order chi connectivity index (χ1) is 8.15. The van der Waals surface area contributed by atoms with Crippen LogP contribution in [0.15, 0.2) is 36.4 Å². The van der Waals surface area contributed by atoms with Crippen molar-refractivity contribution in [2.24, 2.45) is 0 Å². The van der Waals surface area contributed by atoms with Gasteiger partial charge in [0.25, 0.3) is 5.91 Å². The van der Waals surface area contributed by atoms with Crippen LogP contribution < -0.4 is 0 Å². The van der Waals surface area contributed by atoms with Crippen LogP contribution in [0.5, 0.6) is 0 Å². The van der Waals surface area contributed by atoms with E-state index in [4.69, 9.17) is 0 Å². The van der Waals surface area contributed by atoms with Crippen molar-refractivity contribution in [3.8, 4) is 0 Å². The van der Waals surface area contributed by atoms with E-state index in [-0.39, 0.29) is 5.91 Å². The number of nitrogens with zero attached hydrogens (tertiary/aromatic N) is 1. The third kappa shape index (κ3) is 1.91. The van der Waals surface area contributed by atoms with Crippen LogP contribution in [0.1, 0.15) is 20.7 Å². The van der Waals surface area contributed by atoms with Gasteiger partial charge in [0, 0.05) is 30.6 Å². The number of benzene rings is 2. The van der Waals surface area contributed by atoms with Gasteiger partial charge in [-0.2, -0.15) is 0 Å². The maximum absolute atomic E-state index is 12.0. The zero-order valence-electron chi connectivity index (χ0n) is 9.81. The SMILES string of the molecule is CN(C)C(=O)c1cccc2cccc(C=O)c12. The lowest BCUT2D eigenvalue weighted by Gasteiger charge is -2.13. The highest BCUT2D eigenvalue weighted by molar-refractivity contribution is 6.12. The second-order valence-electron chi connectivity index (χ2n) is 4.07. The van der Waals surface area contributed by atoms with Gasteiger partial charge in [0.2, 0.25) is 0 Å². The predicted octanol–water partition coefficient (Wildman–Crippen LogP) is 2.35. The largest absolute Gasteiger partial charge is 0.345 e. The fourth-order valence-corrected chi connectivity index (χ4v) is 1.89. The molecule has 86 valence electrons. The number of rotatable bonds is 2. The van der Waals surface area contributed by atoms with Crippen LogP contribution in [-0.4, -0.2) is 31.2 Å². The molecule has 0 N–H and O–H groups in total. The van der Waals surface area contributed by atoms with Crippen LogP contribution in [0.2, 0.25) is 0 Å². The Balaban J connectivity index is 2.79. The monoisotopic (exact) mass is 227 g/mol. The Morgan fingerprint density at radius 1 is 1.12 bits per heavy atom. The van der Waals surface area contributed by atoms with Crippen LogP contribution in [0.4, 0.5) is 0 Å². The molecule has 0 atom stereocenters. The normalized spacial score (nSPS) is 10.2. The van der Waals surface area contributed by atoms with Crippen LogP contribution >= 0.6 is 0 Å². The molecule has 3 nitrogen and oxygen atoms in total. The maximum Gasteiger partial charge on any atom is 0.253 e. The van der Waals surface area contributed by atoms with Gasteiger partial charge in [-0.05, 0) is 11.5 Å². The van der Waals surface area contributed by atoms with Crippen molar-refractivity contribution < 1.29 is 9.59 Å². The summed E-state index contributed by atoms with van der Waals surface area (Å²) in [5, 5.41) is 1.63. The summed E-state index contributed by atoms with van der Waals surface area (Å²) in [7, 11) is 3.40. The van der Waals surface area contributed by atoms with Gasteiger partial charge in [0.05, 0.1) is 0 Å². The van der Waals surface area contributed by atoms with E-state index in [0.29, 0.717) is 11.1 Å². The van der Waals surface area contributed by atoms with Crippen LogP contribution in [0.3, 0.4) is 0 Å². The summed E-state index contributed by atoms with van der Waals surface area (Å²) >= 11 is 0. The zero-order valence-corrected chi connectivity index (χ0v) is 9.81. The van der Waals surface area contributed by atoms with Crippen LogP contribution in [0, 0.1) is 0 Å². The van der Waals surface area contributed by atoms with Crippen LogP contribution in [-0.2, 0) is 0 Å². The molecule has 0 heterocycles. The summed E-state index contributed by atoms with van der Waals surface area (Å²) in [6, 6.07) is 10.9. The van der Waals surface area contributed by atoms with Crippen molar-refractivity contribution in [1.29, 1.82) is 0 Å². The van der Waals surface area contributed by atoms with Crippen LogP contribution in [0.25, 0.3) is 10.8 Å². The molecule has 0 aliphatic rings. The molecule has 3 heteroatoms. The first kappa shape index (κ1) is 11.3. The number of amides is 1. The average Bonchev–Trinajstić information content (AvgIpc) is 2.36. The fraction of sp³-hybridized carbons (Fsp3) is 0.143. The van der Waals surface area contributed by atoms with Gasteiger partial charge in [-0.3, -0.25) is 9.59 Å². The molecule has 0 aromatic heterocycles. The van der Waals surface area contributed by atoms with E-state index in [1.807, 2.05) is 24.3 Å². The van der Waals surface area contributed by atoms with E-state index in [0.717, 1.165) is 17.1 Å². The highest BCUT2D eigenvalue weighted by atomic mass is 16.2. The van der Waals surface area contributed by atoms with E-state index in [1.54, 1.807) is 26.2 Å². The summed E-state index contributed by atoms with van der Waals surface area (Å²) < 4.78 is 0. The first-order valence-corrected chi connectivity index (χ1v) is 5.33. The van der Waals surface area contributed by atoms with Gasteiger partial charge < -0.3 is 4.90 Å². The maximum atomic E-state index is 12.0. The van der Waals surface area contributed by atoms with Crippen molar-refractivity contribution in [2.45, 2.75) is 0 Å². The molecule has 0 spiro atoms. The molecule has 0 saturated heterocycles. The lowest BCUT2D eigenvalue weighted by Crippen LogP contribution is -2.22. The van der Waals surface area contributed by atoms with Crippen molar-refractivity contribution in [1.82, 2.24) is 4.90 Å². The Labute approximate surface area is 99.7 Å². The lowest BCUT2D eigenvalue weighted by molar-refractivity contribution is 0.0829. The third-order valence-corrected chi connectivity index (χ3v) is 2.70. The Bertz CT molecular complexity index is 583. The van der Waals surface area contributed by atoms with E-state index in [9.17, 15) is 9.59 Å². The molecule has 0 unspecified atom stereocenters. The second kappa shape index (κ2) is 4.37. The molecule has 0 saturated carbocycles. The Kier molecular flexibility index (Phi) is 2.91. The average molecular weight is 227 g/mol. The molecule has 1 amide bonds. The molecule has 0 radical (unpaired) electrons. The van der Waals surface area contributed by atoms with Gasteiger partial charge in [0.15, 0.2) is 6.29 Å². The summed E-state index contributed by atoms with van der Waals surface area (Å²) in [4.78, 5) is 24.6. The van der Waals surface area contributed by atoms with Gasteiger partial charge in [-0.1, -0.05) is 30.3 Å². The van der Waals surface area contributed by atoms with Crippen molar-refractivity contribution in [3.63, 3.8) is 0 Å². The molecular formula is C14H13NO2. The zero-order chi connectivity index (χ0) is 12.4. The molecule has 0 aliphatic carbocycles. The summed E-state index contributed by atoms with van der Waals surface area (Å²) in [5.74, 6) is -0.0927. The number of hydrogen-bond acceptors (Lipinski definition) is 2. The minimum Gasteiger partial charge on any atom is -0.345 e. The van der Waals surface area contributed by atoms with Gasteiger partial charge in [-0.15, -0.1) is 0 Å². The number of carbonyl (C=O) groups is 2. The smallest absolute Gasteiger partial charge is 0.253 e. The Hall–Kier alpha value is -2.16. The van der Waals surface area contributed by atoms with Gasteiger partial charge >= 0.3 is 0 Å². The summed E-state index contributed by atoms with van der Waals surface area (Å²) in [6.45, 7) is 0. The Morgan fingerprint density at radius 3 is 2.35 bits per heavy atom. The van der Waals surface area contributed by atoms with E-state index in [1.165, 1.54) is 4.90 Å². The summed E-state index contributed by atoms with van der Waals surface area (Å²) in [6.07, 6.45) is 0.786. The number of carbonyl (C=O) groups excluding carboxylic acids is 2. The van der Waals surface area contributed by atoms with Crippen molar-refractivity contribution >= 4 is 23.0 Å². The Morgan fingerprint density at radius 2 is 1.76 bits per heavy atom. The van der Waals surface area contributed by atoms with Crippen molar-refractivity contribution in [2.75, 3.05) is 14.1 Å². The van der Waals surface area contributed by atoms with E-state index >= 15 is 0 Å². The van der Waals surface area contributed by atoms with E-state index in [2.05, 4.69) is 0 Å². The molecular weight excluding hydrogens is 214 g/mol. The second-order valence-corrected chi connectivity index (χ2v) is 4.07. The first-order valence-electron chi connectivity index (χ1n) is 5.33. The molecule has 2 rings (SSSR count). The molecule has 2 aromatic rings. The van der Waals surface area contributed by atoms with Gasteiger partial charge in [0.1, 0.15) is 0 Å². The lowest BCUT2D eigenvalue weighted by atomic mass is 9.99. The minimum absolute atomic E-state index is 0.0927. The molecule has 0 aliphatic heterocycles. The molecule has 0 fully saturated rings. The molecule has 0 bridgehead atoms. The molecule has 17 heavy (non-hydrogen) atoms. The minimum atomic E-state index is -0.0927. The highest BCUT2D eigenvalue weighted by Crippen LogP contribution is 2.22. The molecule has 2 aromatic carbocycles. The predicted molar refractivity (Wildman–Crippen MR) is 67.4 cm³/mol. The quantitative estimate of drug-likeness (QED) is 0.738. The number of aldehydes is 1. The fourth-order valence-electron chi connectivity index (χ4n) is 1.89. The third-order valence-electron chi connectivity index (χ3n) is 2.70. The standard InChI is InChI=1S/C14H13NO2/c1-15(2)14(17)12-8-4-6-10-5-3-7-11(9-16)13(10)12/h3-9H,1-2H3. The van der Waals surface area contributed by atoms with Crippen molar-refractivity contribution in [3.05, 3.63) is 47.5 Å². The number of fused-ring (bicyclic) bond motifs is 1. The highest BCUT2D eigenvalue weighted by Gasteiger charge is 2.13.